The van der Waals surface area contributed by atoms with Crippen LogP contribution in [0.2, 0.25) is 0 Å². The summed E-state index contributed by atoms with van der Waals surface area (Å²) in [6.07, 6.45) is 0. The number of aromatic nitrogens is 2. The van der Waals surface area contributed by atoms with Gasteiger partial charge >= 0.3 is 5.97 Å². The molecule has 0 bridgehead atoms. The van der Waals surface area contributed by atoms with Gasteiger partial charge in [0.1, 0.15) is 5.82 Å². The Morgan fingerprint density at radius 1 is 1.24 bits per heavy atom. The molecule has 0 aliphatic heterocycles. The van der Waals surface area contributed by atoms with Gasteiger partial charge < -0.3 is 9.67 Å². The van der Waals surface area contributed by atoms with Gasteiger partial charge in [-0.1, -0.05) is 24.3 Å². The van der Waals surface area contributed by atoms with Gasteiger partial charge in [-0.05, 0) is 37.6 Å². The van der Waals surface area contributed by atoms with E-state index in [1.54, 1.807) is 12.1 Å². The van der Waals surface area contributed by atoms with Crippen molar-refractivity contribution in [3.05, 3.63) is 53.6 Å². The van der Waals surface area contributed by atoms with E-state index in [1.165, 1.54) is 0 Å². The van der Waals surface area contributed by atoms with E-state index >= 15 is 0 Å². The Balaban J connectivity index is 2.32. The van der Waals surface area contributed by atoms with E-state index in [4.69, 9.17) is 0 Å². The summed E-state index contributed by atoms with van der Waals surface area (Å²) < 4.78 is 2.05. The molecule has 1 aromatic heterocycles. The van der Waals surface area contributed by atoms with Gasteiger partial charge in [0, 0.05) is 12.1 Å². The van der Waals surface area contributed by atoms with Crippen LogP contribution in [0.1, 0.15) is 22.8 Å². The molecule has 1 N–H and O–H groups in total. The molecular weight excluding hydrogens is 264 g/mol. The highest BCUT2D eigenvalue weighted by molar-refractivity contribution is 5.96. The average Bonchev–Trinajstić information content (AvgIpc) is 2.84. The molecule has 0 amide bonds. The zero-order chi connectivity index (χ0) is 15.0. The van der Waals surface area contributed by atoms with Crippen molar-refractivity contribution in [1.82, 2.24) is 9.55 Å². The fourth-order valence-corrected chi connectivity index (χ4v) is 2.63. The molecule has 0 fully saturated rings. The minimum Gasteiger partial charge on any atom is -0.478 e. The van der Waals surface area contributed by atoms with Crippen molar-refractivity contribution in [1.29, 1.82) is 0 Å². The number of benzene rings is 2. The van der Waals surface area contributed by atoms with Crippen molar-refractivity contribution in [3.63, 3.8) is 0 Å². The fraction of sp³-hybridized carbons (Fsp3) is 0.176. The molecule has 0 saturated carbocycles. The SMILES string of the molecule is CCn1c(-c2ccccc2C(=O)O)nc2cc(C)ccc21. The number of carboxylic acids is 1. The van der Waals surface area contributed by atoms with Crippen LogP contribution in [0, 0.1) is 6.92 Å². The Morgan fingerprint density at radius 3 is 2.71 bits per heavy atom. The van der Waals surface area contributed by atoms with Crippen molar-refractivity contribution in [2.45, 2.75) is 20.4 Å². The number of hydrogen-bond acceptors (Lipinski definition) is 2. The summed E-state index contributed by atoms with van der Waals surface area (Å²) in [5, 5.41) is 9.37. The molecule has 0 saturated heterocycles. The molecule has 3 rings (SSSR count). The van der Waals surface area contributed by atoms with Gasteiger partial charge in [0.25, 0.3) is 0 Å². The smallest absolute Gasteiger partial charge is 0.336 e. The maximum atomic E-state index is 11.4. The van der Waals surface area contributed by atoms with Crippen molar-refractivity contribution < 1.29 is 9.90 Å². The van der Waals surface area contributed by atoms with E-state index in [9.17, 15) is 9.90 Å². The van der Waals surface area contributed by atoms with E-state index in [2.05, 4.69) is 9.55 Å². The molecule has 4 nitrogen and oxygen atoms in total. The number of fused-ring (bicyclic) bond motifs is 1. The third-order valence-electron chi connectivity index (χ3n) is 3.62. The topological polar surface area (TPSA) is 55.1 Å². The summed E-state index contributed by atoms with van der Waals surface area (Å²) in [7, 11) is 0. The maximum Gasteiger partial charge on any atom is 0.336 e. The van der Waals surface area contributed by atoms with Crippen LogP contribution in [0.4, 0.5) is 0 Å². The van der Waals surface area contributed by atoms with Gasteiger partial charge in [0.2, 0.25) is 0 Å². The molecule has 0 spiro atoms. The molecule has 21 heavy (non-hydrogen) atoms. The lowest BCUT2D eigenvalue weighted by atomic mass is 10.1. The van der Waals surface area contributed by atoms with Crippen LogP contribution in [0.15, 0.2) is 42.5 Å². The van der Waals surface area contributed by atoms with Gasteiger partial charge in [-0.3, -0.25) is 0 Å². The molecule has 3 aromatic rings. The molecule has 2 aromatic carbocycles. The van der Waals surface area contributed by atoms with Gasteiger partial charge in [-0.15, -0.1) is 0 Å². The third-order valence-corrected chi connectivity index (χ3v) is 3.62. The second-order valence-electron chi connectivity index (χ2n) is 5.02. The van der Waals surface area contributed by atoms with Gasteiger partial charge in [0.15, 0.2) is 0 Å². The molecular formula is C17H16N2O2. The first-order chi connectivity index (χ1) is 10.1. The first-order valence-corrected chi connectivity index (χ1v) is 6.91. The summed E-state index contributed by atoms with van der Waals surface area (Å²) in [6, 6.07) is 13.1. The van der Waals surface area contributed by atoms with Gasteiger partial charge in [-0.2, -0.15) is 0 Å². The van der Waals surface area contributed by atoms with Crippen LogP contribution in [0.3, 0.4) is 0 Å². The van der Waals surface area contributed by atoms with Crippen LogP contribution in [0.25, 0.3) is 22.4 Å². The maximum absolute atomic E-state index is 11.4. The largest absolute Gasteiger partial charge is 0.478 e. The van der Waals surface area contributed by atoms with Crippen LogP contribution in [-0.4, -0.2) is 20.6 Å². The quantitative estimate of drug-likeness (QED) is 0.795. The van der Waals surface area contributed by atoms with Crippen LogP contribution >= 0.6 is 0 Å². The number of aryl methyl sites for hydroxylation is 2. The highest BCUT2D eigenvalue weighted by atomic mass is 16.4. The number of rotatable bonds is 3. The fourth-order valence-electron chi connectivity index (χ4n) is 2.63. The van der Waals surface area contributed by atoms with Crippen molar-refractivity contribution in [2.75, 3.05) is 0 Å². The lowest BCUT2D eigenvalue weighted by Crippen LogP contribution is -2.04. The van der Waals surface area contributed by atoms with E-state index in [-0.39, 0.29) is 5.56 Å². The van der Waals surface area contributed by atoms with Gasteiger partial charge in [-0.25, -0.2) is 9.78 Å². The second-order valence-corrected chi connectivity index (χ2v) is 5.02. The first kappa shape index (κ1) is 13.4. The molecule has 0 unspecified atom stereocenters. The summed E-state index contributed by atoms with van der Waals surface area (Å²) in [5.41, 5.74) is 3.99. The zero-order valence-electron chi connectivity index (χ0n) is 12.0. The van der Waals surface area contributed by atoms with Crippen LogP contribution < -0.4 is 0 Å². The summed E-state index contributed by atoms with van der Waals surface area (Å²) in [6.45, 7) is 4.80. The Bertz CT molecular complexity index is 834. The third kappa shape index (κ3) is 2.18. The van der Waals surface area contributed by atoms with Crippen molar-refractivity contribution >= 4 is 17.0 Å². The highest BCUT2D eigenvalue weighted by Gasteiger charge is 2.17. The Kier molecular flexibility index (Phi) is 3.22. The molecule has 106 valence electrons. The monoisotopic (exact) mass is 280 g/mol. The Labute approximate surface area is 122 Å². The van der Waals surface area contributed by atoms with E-state index < -0.39 is 5.97 Å². The number of hydrogen-bond donors (Lipinski definition) is 1. The molecule has 0 aliphatic carbocycles. The molecule has 0 atom stereocenters. The standard InChI is InChI=1S/C17H16N2O2/c1-3-19-15-9-8-11(2)10-14(15)18-16(19)12-6-4-5-7-13(12)17(20)21/h4-10H,3H2,1-2H3,(H,20,21). The molecule has 4 heteroatoms. The predicted octanol–water partition coefficient (Wildman–Crippen LogP) is 3.73. The molecule has 0 radical (unpaired) electrons. The number of carbonyl (C=O) groups is 1. The highest BCUT2D eigenvalue weighted by Crippen LogP contribution is 2.28. The first-order valence-electron chi connectivity index (χ1n) is 6.91. The van der Waals surface area contributed by atoms with E-state index in [0.717, 1.165) is 23.1 Å². The normalized spacial score (nSPS) is 11.0. The van der Waals surface area contributed by atoms with E-state index in [1.807, 2.05) is 44.2 Å². The van der Waals surface area contributed by atoms with Crippen molar-refractivity contribution in [2.24, 2.45) is 0 Å². The zero-order valence-corrected chi connectivity index (χ0v) is 12.0. The molecule has 1 heterocycles. The minimum absolute atomic E-state index is 0.277. The predicted molar refractivity (Wildman–Crippen MR) is 82.5 cm³/mol. The van der Waals surface area contributed by atoms with Crippen LogP contribution in [0.5, 0.6) is 0 Å². The van der Waals surface area contributed by atoms with Gasteiger partial charge in [0.05, 0.1) is 16.6 Å². The minimum atomic E-state index is -0.934. The molecule has 0 aliphatic rings. The van der Waals surface area contributed by atoms with Crippen LogP contribution in [-0.2, 0) is 6.54 Å². The number of aromatic carboxylic acids is 1. The second kappa shape index (κ2) is 5.05. The summed E-state index contributed by atoms with van der Waals surface area (Å²) in [5.74, 6) is -0.229. The lowest BCUT2D eigenvalue weighted by molar-refractivity contribution is 0.0697. The Hall–Kier alpha value is -2.62. The summed E-state index contributed by atoms with van der Waals surface area (Å²) >= 11 is 0. The lowest BCUT2D eigenvalue weighted by Gasteiger charge is -2.08. The number of imidazole rings is 1. The number of carboxylic acid groups (broad SMARTS) is 1. The van der Waals surface area contributed by atoms with E-state index in [0.29, 0.717) is 11.4 Å². The Morgan fingerprint density at radius 2 is 2.00 bits per heavy atom. The summed E-state index contributed by atoms with van der Waals surface area (Å²) in [4.78, 5) is 16.1. The van der Waals surface area contributed by atoms with Crippen molar-refractivity contribution in [3.8, 4) is 11.4 Å². The average molecular weight is 280 g/mol. The number of nitrogens with zero attached hydrogens (tertiary/aromatic N) is 2.